The van der Waals surface area contributed by atoms with Gasteiger partial charge >= 0.3 is 0 Å². The van der Waals surface area contributed by atoms with Crippen LogP contribution >= 0.6 is 0 Å². The van der Waals surface area contributed by atoms with E-state index in [1.54, 1.807) is 12.1 Å². The van der Waals surface area contributed by atoms with Crippen molar-refractivity contribution >= 4 is 23.2 Å². The predicted octanol–water partition coefficient (Wildman–Crippen LogP) is 5.95. The summed E-state index contributed by atoms with van der Waals surface area (Å²) in [6.07, 6.45) is 0. The highest BCUT2D eigenvalue weighted by Crippen LogP contribution is 2.39. The van der Waals surface area contributed by atoms with E-state index in [0.29, 0.717) is 39.5 Å². The number of aryl methyl sites for hydroxylation is 2. The zero-order valence-corrected chi connectivity index (χ0v) is 20.2. The van der Waals surface area contributed by atoms with E-state index in [4.69, 9.17) is 0 Å². The molecule has 3 N–H and O–H groups in total. The van der Waals surface area contributed by atoms with Gasteiger partial charge in [-0.3, -0.25) is 9.59 Å². The summed E-state index contributed by atoms with van der Waals surface area (Å²) in [5.74, 6) is -1.73. The highest BCUT2D eigenvalue weighted by atomic mass is 19.1. The lowest BCUT2D eigenvalue weighted by atomic mass is 9.79. The average Bonchev–Trinajstić information content (AvgIpc) is 2.82. The highest BCUT2D eigenvalue weighted by Gasteiger charge is 2.36. The van der Waals surface area contributed by atoms with Crippen LogP contribution in [0.1, 0.15) is 36.5 Å². The highest BCUT2D eigenvalue weighted by molar-refractivity contribution is 6.12. The van der Waals surface area contributed by atoms with Crippen molar-refractivity contribution in [3.8, 4) is 0 Å². The normalized spacial score (nSPS) is 14.0. The Bertz CT molecular complexity index is 1270. The number of anilines is 2. The van der Waals surface area contributed by atoms with Crippen LogP contribution in [0, 0.1) is 19.7 Å². The number of halogens is 1. The third-order valence-electron chi connectivity index (χ3n) is 6.24. The molecule has 4 rings (SSSR count). The van der Waals surface area contributed by atoms with Gasteiger partial charge in [-0.2, -0.15) is 0 Å². The first-order valence-electron chi connectivity index (χ1n) is 11.4. The predicted molar refractivity (Wildman–Crippen MR) is 137 cm³/mol. The van der Waals surface area contributed by atoms with E-state index >= 15 is 0 Å². The Morgan fingerprint density at radius 1 is 0.686 bits per heavy atom. The van der Waals surface area contributed by atoms with Gasteiger partial charge in [-0.1, -0.05) is 48.5 Å². The first-order chi connectivity index (χ1) is 16.8. The Kier molecular flexibility index (Phi) is 6.82. The third-order valence-corrected chi connectivity index (χ3v) is 6.24. The number of benzene rings is 3. The van der Waals surface area contributed by atoms with Crippen LogP contribution in [0.15, 0.2) is 95.3 Å². The molecule has 3 aromatic rings. The van der Waals surface area contributed by atoms with Gasteiger partial charge in [-0.15, -0.1) is 0 Å². The van der Waals surface area contributed by atoms with Gasteiger partial charge in [0.1, 0.15) is 5.82 Å². The summed E-state index contributed by atoms with van der Waals surface area (Å²) in [6, 6.07) is 20.9. The van der Waals surface area contributed by atoms with E-state index in [1.165, 1.54) is 12.1 Å². The smallest absolute Gasteiger partial charge is 0.254 e. The molecule has 5 nitrogen and oxygen atoms in total. The maximum absolute atomic E-state index is 13.8. The van der Waals surface area contributed by atoms with Gasteiger partial charge in [0.2, 0.25) is 0 Å². The van der Waals surface area contributed by atoms with Gasteiger partial charge in [-0.25, -0.2) is 4.39 Å². The summed E-state index contributed by atoms with van der Waals surface area (Å²) in [5, 5.41) is 9.20. The quantitative estimate of drug-likeness (QED) is 0.432. The van der Waals surface area contributed by atoms with Crippen molar-refractivity contribution in [2.24, 2.45) is 0 Å². The summed E-state index contributed by atoms with van der Waals surface area (Å²) in [7, 11) is 0. The minimum Gasteiger partial charge on any atom is -0.362 e. The molecular weight excluding hydrogens is 441 g/mol. The summed E-state index contributed by atoms with van der Waals surface area (Å²) < 4.78 is 13.8. The molecule has 0 unspecified atom stereocenters. The number of nitrogens with one attached hydrogen (secondary N) is 3. The monoisotopic (exact) mass is 469 g/mol. The molecule has 1 aliphatic rings. The van der Waals surface area contributed by atoms with Gasteiger partial charge in [-0.05, 0) is 68.7 Å². The number of hydrogen-bond donors (Lipinski definition) is 3. The van der Waals surface area contributed by atoms with Crippen LogP contribution in [-0.4, -0.2) is 11.8 Å². The molecule has 0 saturated heterocycles. The zero-order valence-electron chi connectivity index (χ0n) is 20.2. The fraction of sp³-hybridized carbons (Fsp3) is 0.172. The molecular formula is C29H28FN3O2. The zero-order chi connectivity index (χ0) is 25.1. The fourth-order valence-electron chi connectivity index (χ4n) is 4.39. The van der Waals surface area contributed by atoms with Gasteiger partial charge < -0.3 is 16.0 Å². The maximum atomic E-state index is 13.8. The number of rotatable bonds is 5. The van der Waals surface area contributed by atoms with E-state index < -0.39 is 5.92 Å². The van der Waals surface area contributed by atoms with Crippen LogP contribution in [0.3, 0.4) is 0 Å². The molecule has 178 valence electrons. The number of hydrogen-bond acceptors (Lipinski definition) is 3. The molecule has 1 aliphatic heterocycles. The van der Waals surface area contributed by atoms with Gasteiger partial charge in [0, 0.05) is 39.8 Å². The summed E-state index contributed by atoms with van der Waals surface area (Å²) in [4.78, 5) is 27.3. The van der Waals surface area contributed by atoms with Gasteiger partial charge in [0.15, 0.2) is 0 Å². The minimum absolute atomic E-state index is 0.327. The van der Waals surface area contributed by atoms with Crippen LogP contribution in [0.2, 0.25) is 0 Å². The summed E-state index contributed by atoms with van der Waals surface area (Å²) in [6.45, 7) is 7.45. The second-order valence-corrected chi connectivity index (χ2v) is 8.73. The molecule has 0 saturated carbocycles. The Morgan fingerprint density at radius 3 is 1.54 bits per heavy atom. The van der Waals surface area contributed by atoms with Crippen molar-refractivity contribution < 1.29 is 14.0 Å². The number of carbonyl (C=O) groups is 2. The van der Waals surface area contributed by atoms with E-state index in [0.717, 1.165) is 11.1 Å². The van der Waals surface area contributed by atoms with E-state index in [2.05, 4.69) is 16.0 Å². The molecule has 0 spiro atoms. The molecule has 0 fully saturated rings. The van der Waals surface area contributed by atoms with Crippen molar-refractivity contribution in [2.75, 3.05) is 10.6 Å². The average molecular weight is 470 g/mol. The number of para-hydroxylation sites is 2. The Hall–Kier alpha value is -4.19. The largest absolute Gasteiger partial charge is 0.362 e. The Morgan fingerprint density at radius 2 is 1.11 bits per heavy atom. The van der Waals surface area contributed by atoms with Crippen LogP contribution in [0.5, 0.6) is 0 Å². The molecule has 3 aromatic carbocycles. The second kappa shape index (κ2) is 9.97. The molecule has 6 heteroatoms. The van der Waals surface area contributed by atoms with Crippen molar-refractivity contribution in [3.63, 3.8) is 0 Å². The summed E-state index contributed by atoms with van der Waals surface area (Å²) in [5.41, 5.74) is 5.94. The maximum Gasteiger partial charge on any atom is 0.254 e. The van der Waals surface area contributed by atoms with Crippen molar-refractivity contribution in [3.05, 3.63) is 118 Å². The summed E-state index contributed by atoms with van der Waals surface area (Å²) >= 11 is 0. The lowest BCUT2D eigenvalue weighted by Gasteiger charge is -2.31. The van der Waals surface area contributed by atoms with Crippen LogP contribution in [0.4, 0.5) is 15.8 Å². The van der Waals surface area contributed by atoms with E-state index in [-0.39, 0.29) is 17.6 Å². The number of allylic oxidation sites excluding steroid dienone is 2. The third kappa shape index (κ3) is 5.01. The van der Waals surface area contributed by atoms with Gasteiger partial charge in [0.05, 0.1) is 0 Å². The molecule has 0 radical (unpaired) electrons. The van der Waals surface area contributed by atoms with E-state index in [9.17, 15) is 14.0 Å². The molecule has 35 heavy (non-hydrogen) atoms. The van der Waals surface area contributed by atoms with E-state index in [1.807, 2.05) is 76.2 Å². The van der Waals surface area contributed by atoms with Gasteiger partial charge in [0.25, 0.3) is 11.8 Å². The van der Waals surface area contributed by atoms with Crippen molar-refractivity contribution in [1.82, 2.24) is 5.32 Å². The minimum atomic E-state index is -0.690. The first kappa shape index (κ1) is 24.0. The topological polar surface area (TPSA) is 70.2 Å². The number of carbonyl (C=O) groups excluding carboxylic acids is 2. The van der Waals surface area contributed by atoms with Crippen LogP contribution < -0.4 is 16.0 Å². The number of amides is 2. The Labute approximate surface area is 204 Å². The molecule has 1 heterocycles. The van der Waals surface area contributed by atoms with Crippen molar-refractivity contribution in [2.45, 2.75) is 33.6 Å². The second-order valence-electron chi connectivity index (χ2n) is 8.73. The molecule has 0 bridgehead atoms. The van der Waals surface area contributed by atoms with Crippen molar-refractivity contribution in [1.29, 1.82) is 0 Å². The lowest BCUT2D eigenvalue weighted by Crippen LogP contribution is -2.35. The SMILES string of the molecule is CC1=C(C(=O)Nc2ccccc2C)C(c2ccc(F)cc2)C(C(=O)Nc2ccccc2C)=C(C)N1. The van der Waals surface area contributed by atoms with Crippen LogP contribution in [-0.2, 0) is 9.59 Å². The fourth-order valence-corrected chi connectivity index (χ4v) is 4.39. The molecule has 0 atom stereocenters. The molecule has 0 aliphatic carbocycles. The molecule has 2 amide bonds. The standard InChI is InChI=1S/C29H28FN3O2/c1-17-9-5-7-11-23(17)32-28(34)25-19(3)31-20(4)26(27(25)21-13-15-22(30)16-14-21)29(35)33-24-12-8-6-10-18(24)2/h5-16,27,31H,1-4H3,(H,32,34)(H,33,35). The Balaban J connectivity index is 1.78. The first-order valence-corrected chi connectivity index (χ1v) is 11.4. The number of dihydropyridines is 1. The molecule has 0 aromatic heterocycles. The van der Waals surface area contributed by atoms with Crippen LogP contribution in [0.25, 0.3) is 0 Å². The lowest BCUT2D eigenvalue weighted by molar-refractivity contribution is -0.113.